The summed E-state index contributed by atoms with van der Waals surface area (Å²) in [6.07, 6.45) is 1.81. The molecule has 0 spiro atoms. The van der Waals surface area contributed by atoms with Gasteiger partial charge in [0.1, 0.15) is 0 Å². The molecule has 2 atom stereocenters. The highest BCUT2D eigenvalue weighted by atomic mass is 16.2. The van der Waals surface area contributed by atoms with E-state index in [0.29, 0.717) is 29.7 Å². The Morgan fingerprint density at radius 1 is 1.47 bits per heavy atom. The van der Waals surface area contributed by atoms with Gasteiger partial charge in [0.15, 0.2) is 0 Å². The summed E-state index contributed by atoms with van der Waals surface area (Å²) in [5.74, 6) is 0.808. The zero-order valence-electron chi connectivity index (χ0n) is 12.0. The van der Waals surface area contributed by atoms with Crippen LogP contribution in [0.2, 0.25) is 0 Å². The van der Waals surface area contributed by atoms with Crippen molar-refractivity contribution in [3.05, 3.63) is 0 Å². The van der Waals surface area contributed by atoms with Crippen molar-refractivity contribution in [1.82, 2.24) is 10.2 Å². The Hall–Kier alpha value is -0.570. The van der Waals surface area contributed by atoms with Crippen LogP contribution in [0.25, 0.3) is 0 Å². The molecule has 100 valence electrons. The van der Waals surface area contributed by atoms with Crippen molar-refractivity contribution in [2.24, 2.45) is 11.3 Å². The first kappa shape index (κ1) is 14.5. The summed E-state index contributed by atoms with van der Waals surface area (Å²) in [5, 5.41) is 3.36. The maximum Gasteiger partial charge on any atom is 0.222 e. The summed E-state index contributed by atoms with van der Waals surface area (Å²) in [6.45, 7) is 13.7. The van der Waals surface area contributed by atoms with Gasteiger partial charge in [0.2, 0.25) is 5.91 Å². The Kier molecular flexibility index (Phi) is 4.99. The molecule has 0 aromatic carbocycles. The Labute approximate surface area is 106 Å². The molecule has 1 N–H and O–H groups in total. The molecule has 1 rings (SSSR count). The van der Waals surface area contributed by atoms with E-state index in [9.17, 15) is 4.79 Å². The van der Waals surface area contributed by atoms with E-state index in [-0.39, 0.29) is 0 Å². The number of carbonyl (C=O) groups is 1. The Bertz CT molecular complexity index is 257. The quantitative estimate of drug-likeness (QED) is 0.821. The van der Waals surface area contributed by atoms with E-state index < -0.39 is 0 Å². The number of carbonyl (C=O) groups excluding carboxylic acids is 1. The van der Waals surface area contributed by atoms with Crippen LogP contribution in [-0.4, -0.2) is 36.5 Å². The Morgan fingerprint density at radius 3 is 2.65 bits per heavy atom. The van der Waals surface area contributed by atoms with E-state index in [4.69, 9.17) is 0 Å². The van der Waals surface area contributed by atoms with Gasteiger partial charge in [-0.25, -0.2) is 0 Å². The summed E-state index contributed by atoms with van der Waals surface area (Å²) < 4.78 is 0. The number of nitrogens with one attached hydrogen (secondary N) is 1. The third-order valence-corrected chi connectivity index (χ3v) is 3.21. The Morgan fingerprint density at radius 2 is 2.12 bits per heavy atom. The lowest BCUT2D eigenvalue weighted by molar-refractivity contribution is -0.133. The highest BCUT2D eigenvalue weighted by Crippen LogP contribution is 2.26. The van der Waals surface area contributed by atoms with Crippen molar-refractivity contribution in [1.29, 1.82) is 0 Å². The standard InChI is InChI=1S/C14H28N2O/c1-11(9-14(3,4)5)8-13(17)16-7-6-15-12(2)10-16/h11-12,15H,6-10H2,1-5H3/t11?,12-/m0/s1. The second-order valence-corrected chi connectivity index (χ2v) is 6.77. The molecule has 0 aromatic rings. The van der Waals surface area contributed by atoms with Gasteiger partial charge in [0, 0.05) is 32.1 Å². The summed E-state index contributed by atoms with van der Waals surface area (Å²) in [4.78, 5) is 14.2. The van der Waals surface area contributed by atoms with E-state index in [1.165, 1.54) is 0 Å². The topological polar surface area (TPSA) is 32.3 Å². The van der Waals surface area contributed by atoms with E-state index in [1.54, 1.807) is 0 Å². The molecule has 1 saturated heterocycles. The van der Waals surface area contributed by atoms with Crippen LogP contribution in [0.3, 0.4) is 0 Å². The van der Waals surface area contributed by atoms with Crippen molar-refractivity contribution in [2.75, 3.05) is 19.6 Å². The van der Waals surface area contributed by atoms with Crippen LogP contribution in [0.5, 0.6) is 0 Å². The van der Waals surface area contributed by atoms with Gasteiger partial charge in [-0.3, -0.25) is 4.79 Å². The number of nitrogens with zero attached hydrogens (tertiary/aromatic N) is 1. The van der Waals surface area contributed by atoms with Gasteiger partial charge in [-0.15, -0.1) is 0 Å². The van der Waals surface area contributed by atoms with Gasteiger partial charge in [0.05, 0.1) is 0 Å². The van der Waals surface area contributed by atoms with Gasteiger partial charge >= 0.3 is 0 Å². The monoisotopic (exact) mass is 240 g/mol. The fourth-order valence-electron chi connectivity index (χ4n) is 2.70. The maximum absolute atomic E-state index is 12.1. The second kappa shape index (κ2) is 5.85. The fraction of sp³-hybridized carbons (Fsp3) is 0.929. The normalized spacial score (nSPS) is 23.6. The van der Waals surface area contributed by atoms with Gasteiger partial charge in [0.25, 0.3) is 0 Å². The number of hydrogen-bond acceptors (Lipinski definition) is 2. The first-order chi connectivity index (χ1) is 7.78. The highest BCUT2D eigenvalue weighted by Gasteiger charge is 2.23. The third kappa shape index (κ3) is 5.53. The van der Waals surface area contributed by atoms with Crippen LogP contribution in [0.1, 0.15) is 47.5 Å². The summed E-state index contributed by atoms with van der Waals surface area (Å²) >= 11 is 0. The maximum atomic E-state index is 12.1. The van der Waals surface area contributed by atoms with Gasteiger partial charge in [-0.1, -0.05) is 27.7 Å². The van der Waals surface area contributed by atoms with Crippen molar-refractivity contribution < 1.29 is 4.79 Å². The largest absolute Gasteiger partial charge is 0.340 e. The van der Waals surface area contributed by atoms with Crippen LogP contribution in [0.15, 0.2) is 0 Å². The lowest BCUT2D eigenvalue weighted by Crippen LogP contribution is -2.51. The molecule has 3 nitrogen and oxygen atoms in total. The molecular formula is C14H28N2O. The van der Waals surface area contributed by atoms with Crippen molar-refractivity contribution in [2.45, 2.75) is 53.5 Å². The molecule has 0 aliphatic carbocycles. The van der Waals surface area contributed by atoms with E-state index >= 15 is 0 Å². The average molecular weight is 240 g/mol. The van der Waals surface area contributed by atoms with Crippen molar-refractivity contribution in [3.8, 4) is 0 Å². The highest BCUT2D eigenvalue weighted by molar-refractivity contribution is 5.76. The number of rotatable bonds is 3. The predicted octanol–water partition coefficient (Wildman–Crippen LogP) is 2.27. The molecule has 0 bridgehead atoms. The molecule has 17 heavy (non-hydrogen) atoms. The molecule has 1 amide bonds. The molecule has 1 unspecified atom stereocenters. The van der Waals surface area contributed by atoms with Crippen molar-refractivity contribution >= 4 is 5.91 Å². The first-order valence-electron chi connectivity index (χ1n) is 6.79. The SMILES string of the molecule is CC(CC(=O)N1CCN[C@@H](C)C1)CC(C)(C)C. The number of piperazine rings is 1. The molecule has 1 aliphatic rings. The van der Waals surface area contributed by atoms with Gasteiger partial charge < -0.3 is 10.2 Å². The molecule has 0 aromatic heterocycles. The predicted molar refractivity (Wildman–Crippen MR) is 71.9 cm³/mol. The average Bonchev–Trinajstić information content (AvgIpc) is 2.14. The fourth-order valence-corrected chi connectivity index (χ4v) is 2.70. The first-order valence-corrected chi connectivity index (χ1v) is 6.79. The van der Waals surface area contributed by atoms with Gasteiger partial charge in [-0.2, -0.15) is 0 Å². The number of amides is 1. The van der Waals surface area contributed by atoms with E-state index in [2.05, 4.69) is 39.9 Å². The van der Waals surface area contributed by atoms with Crippen LogP contribution in [0.4, 0.5) is 0 Å². The van der Waals surface area contributed by atoms with Crippen LogP contribution >= 0.6 is 0 Å². The molecule has 0 saturated carbocycles. The lowest BCUT2D eigenvalue weighted by atomic mass is 9.84. The molecule has 1 fully saturated rings. The van der Waals surface area contributed by atoms with E-state index in [1.807, 2.05) is 4.90 Å². The van der Waals surface area contributed by atoms with Crippen LogP contribution in [-0.2, 0) is 4.79 Å². The summed E-state index contributed by atoms with van der Waals surface area (Å²) in [6, 6.07) is 0.436. The Balaban J connectivity index is 2.38. The van der Waals surface area contributed by atoms with Crippen LogP contribution in [0, 0.1) is 11.3 Å². The van der Waals surface area contributed by atoms with E-state index in [0.717, 1.165) is 26.1 Å². The molecule has 1 aliphatic heterocycles. The smallest absolute Gasteiger partial charge is 0.222 e. The number of hydrogen-bond donors (Lipinski definition) is 1. The van der Waals surface area contributed by atoms with Crippen LogP contribution < -0.4 is 5.32 Å². The van der Waals surface area contributed by atoms with Gasteiger partial charge in [-0.05, 0) is 24.7 Å². The zero-order chi connectivity index (χ0) is 13.1. The minimum absolute atomic E-state index is 0.316. The molecule has 3 heteroatoms. The molecular weight excluding hydrogens is 212 g/mol. The van der Waals surface area contributed by atoms with Crippen molar-refractivity contribution in [3.63, 3.8) is 0 Å². The molecule has 0 radical (unpaired) electrons. The third-order valence-electron chi connectivity index (χ3n) is 3.21. The minimum atomic E-state index is 0.316. The summed E-state index contributed by atoms with van der Waals surface area (Å²) in [5.41, 5.74) is 0.316. The summed E-state index contributed by atoms with van der Waals surface area (Å²) in [7, 11) is 0. The minimum Gasteiger partial charge on any atom is -0.340 e. The lowest BCUT2D eigenvalue weighted by Gasteiger charge is -2.33. The second-order valence-electron chi connectivity index (χ2n) is 6.77. The zero-order valence-corrected chi connectivity index (χ0v) is 12.0. The molecule has 1 heterocycles.